The van der Waals surface area contributed by atoms with Crippen LogP contribution in [0.3, 0.4) is 0 Å². The topological polar surface area (TPSA) is 0 Å². The second-order valence-electron chi connectivity index (χ2n) is 2.24. The molecule has 0 saturated heterocycles. The van der Waals surface area contributed by atoms with E-state index in [-0.39, 0.29) is 0 Å². The minimum atomic E-state index is 0.709. The van der Waals surface area contributed by atoms with Gasteiger partial charge >= 0.3 is 0 Å². The van der Waals surface area contributed by atoms with Gasteiger partial charge in [-0.15, -0.1) is 0 Å². The predicted molar refractivity (Wildman–Crippen MR) is 41.7 cm³/mol. The zero-order chi connectivity index (χ0) is 6.85. The first-order chi connectivity index (χ1) is 4.20. The summed E-state index contributed by atoms with van der Waals surface area (Å²) in [5.41, 5.74) is 1.31. The van der Waals surface area contributed by atoms with E-state index in [1.165, 1.54) is 5.57 Å². The second-order valence-corrected chi connectivity index (χ2v) is 3.11. The van der Waals surface area contributed by atoms with Crippen LogP contribution in [0, 0.1) is 0 Å². The molecule has 0 atom stereocenters. The van der Waals surface area contributed by atoms with Crippen molar-refractivity contribution < 1.29 is 0 Å². The number of hydrogen-bond donors (Lipinski definition) is 0. The van der Waals surface area contributed by atoms with Crippen LogP contribution < -0.4 is 0 Å². The molecule has 0 heterocycles. The zero-order valence-corrected chi connectivity index (χ0v) is 6.76. The molecule has 0 N–H and O–H groups in total. The Morgan fingerprint density at radius 3 is 2.44 bits per heavy atom. The molecule has 0 aromatic rings. The maximum absolute atomic E-state index is 5.74. The van der Waals surface area contributed by atoms with Gasteiger partial charge in [0.1, 0.15) is 0 Å². The van der Waals surface area contributed by atoms with Crippen molar-refractivity contribution in [2.24, 2.45) is 0 Å². The smallest absolute Gasteiger partial charge is 0.0550 e. The summed E-state index contributed by atoms with van der Waals surface area (Å²) in [5.74, 6) is 0. The van der Waals surface area contributed by atoms with Gasteiger partial charge in [0.15, 0.2) is 0 Å². The van der Waals surface area contributed by atoms with E-state index in [1.54, 1.807) is 0 Å². The molecule has 2 heteroatoms. The molecule has 0 saturated carbocycles. The Morgan fingerprint density at radius 1 is 1.33 bits per heavy atom. The third-order valence-corrected chi connectivity index (χ3v) is 2.20. The van der Waals surface area contributed by atoms with Crippen LogP contribution in [-0.4, -0.2) is 0 Å². The van der Waals surface area contributed by atoms with E-state index >= 15 is 0 Å². The molecule has 0 unspecified atom stereocenters. The number of rotatable bonds is 0. The fourth-order valence-electron chi connectivity index (χ4n) is 0.793. The van der Waals surface area contributed by atoms with Gasteiger partial charge in [0.25, 0.3) is 0 Å². The molecule has 0 spiro atoms. The summed E-state index contributed by atoms with van der Waals surface area (Å²) in [4.78, 5) is 0. The maximum atomic E-state index is 5.74. The summed E-state index contributed by atoms with van der Waals surface area (Å²) in [6, 6.07) is 0. The van der Waals surface area contributed by atoms with E-state index in [2.05, 4.69) is 6.92 Å². The Balaban J connectivity index is 2.83. The van der Waals surface area contributed by atoms with Crippen molar-refractivity contribution in [3.8, 4) is 0 Å². The molecular weight excluding hydrogens is 155 g/mol. The molecule has 0 bridgehead atoms. The minimum absolute atomic E-state index is 0.709. The molecule has 1 aliphatic rings. The fraction of sp³-hybridized carbons (Fsp3) is 0.429. The highest BCUT2D eigenvalue weighted by molar-refractivity contribution is 6.40. The summed E-state index contributed by atoms with van der Waals surface area (Å²) in [5, 5.41) is 1.50. The lowest BCUT2D eigenvalue weighted by molar-refractivity contribution is 0.943. The van der Waals surface area contributed by atoms with Crippen molar-refractivity contribution in [1.82, 2.24) is 0 Å². The van der Waals surface area contributed by atoms with Gasteiger partial charge in [0.05, 0.1) is 5.03 Å². The van der Waals surface area contributed by atoms with Gasteiger partial charge in [-0.3, -0.25) is 0 Å². The summed E-state index contributed by atoms with van der Waals surface area (Å²) in [7, 11) is 0. The molecule has 0 aliphatic heterocycles. The second kappa shape index (κ2) is 2.76. The third kappa shape index (κ3) is 1.74. The van der Waals surface area contributed by atoms with Crippen LogP contribution in [0.2, 0.25) is 0 Å². The Bertz CT molecular complexity index is 177. The summed E-state index contributed by atoms with van der Waals surface area (Å²) in [6.45, 7) is 2.06. The predicted octanol–water partition coefficient (Wildman–Crippen LogP) is 3.42. The van der Waals surface area contributed by atoms with Crippen LogP contribution in [0.1, 0.15) is 19.8 Å². The molecule has 0 radical (unpaired) electrons. The normalized spacial score (nSPS) is 20.1. The van der Waals surface area contributed by atoms with Gasteiger partial charge in [-0.25, -0.2) is 0 Å². The van der Waals surface area contributed by atoms with Crippen LogP contribution in [0.15, 0.2) is 21.7 Å². The molecular formula is C7H8Cl2. The molecule has 0 aromatic carbocycles. The minimum Gasteiger partial charge on any atom is -0.0875 e. The van der Waals surface area contributed by atoms with Crippen LogP contribution in [0.4, 0.5) is 0 Å². The summed E-state index contributed by atoms with van der Waals surface area (Å²) in [6.07, 6.45) is 3.88. The number of hydrogen-bond acceptors (Lipinski definition) is 0. The maximum Gasteiger partial charge on any atom is 0.0550 e. The van der Waals surface area contributed by atoms with E-state index in [9.17, 15) is 0 Å². The molecule has 0 amide bonds. The fourth-order valence-corrected chi connectivity index (χ4v) is 1.22. The van der Waals surface area contributed by atoms with E-state index < -0.39 is 0 Å². The standard InChI is InChI=1S/C7H8Cl2/c1-5-2-3-6(8)7(9)4-5/h4H,2-3H2,1H3. The first-order valence-electron chi connectivity index (χ1n) is 2.91. The van der Waals surface area contributed by atoms with Crippen molar-refractivity contribution >= 4 is 23.2 Å². The molecule has 1 aliphatic carbocycles. The Morgan fingerprint density at radius 2 is 2.00 bits per heavy atom. The zero-order valence-electron chi connectivity index (χ0n) is 5.25. The highest BCUT2D eigenvalue weighted by Gasteiger charge is 2.05. The number of halogens is 2. The van der Waals surface area contributed by atoms with Gasteiger partial charge in [0, 0.05) is 5.03 Å². The van der Waals surface area contributed by atoms with Crippen LogP contribution in [0.5, 0.6) is 0 Å². The lowest BCUT2D eigenvalue weighted by atomic mass is 10.1. The van der Waals surface area contributed by atoms with Gasteiger partial charge < -0.3 is 0 Å². The lowest BCUT2D eigenvalue weighted by Crippen LogP contribution is -1.87. The molecule has 0 nitrogen and oxygen atoms in total. The lowest BCUT2D eigenvalue weighted by Gasteiger charge is -2.07. The van der Waals surface area contributed by atoms with Crippen molar-refractivity contribution in [2.45, 2.75) is 19.8 Å². The van der Waals surface area contributed by atoms with E-state index in [1.807, 2.05) is 6.08 Å². The van der Waals surface area contributed by atoms with E-state index in [0.29, 0.717) is 5.03 Å². The van der Waals surface area contributed by atoms with Crippen molar-refractivity contribution in [2.75, 3.05) is 0 Å². The average molecular weight is 163 g/mol. The largest absolute Gasteiger partial charge is 0.0875 e. The first-order valence-corrected chi connectivity index (χ1v) is 3.67. The molecule has 0 fully saturated rings. The van der Waals surface area contributed by atoms with Gasteiger partial charge in [-0.2, -0.15) is 0 Å². The van der Waals surface area contributed by atoms with Gasteiger partial charge in [0.2, 0.25) is 0 Å². The Labute approximate surface area is 65.2 Å². The van der Waals surface area contributed by atoms with E-state index in [0.717, 1.165) is 17.9 Å². The highest BCUT2D eigenvalue weighted by Crippen LogP contribution is 2.28. The van der Waals surface area contributed by atoms with E-state index in [4.69, 9.17) is 23.2 Å². The first kappa shape index (κ1) is 7.17. The molecule has 1 rings (SSSR count). The summed E-state index contributed by atoms with van der Waals surface area (Å²) < 4.78 is 0. The summed E-state index contributed by atoms with van der Waals surface area (Å²) >= 11 is 11.5. The van der Waals surface area contributed by atoms with Crippen molar-refractivity contribution in [3.05, 3.63) is 21.7 Å². The van der Waals surface area contributed by atoms with Crippen LogP contribution in [-0.2, 0) is 0 Å². The van der Waals surface area contributed by atoms with Crippen molar-refractivity contribution in [3.63, 3.8) is 0 Å². The third-order valence-electron chi connectivity index (χ3n) is 1.37. The highest BCUT2D eigenvalue weighted by atomic mass is 35.5. The molecule has 0 aromatic heterocycles. The van der Waals surface area contributed by atoms with Gasteiger partial charge in [-0.05, 0) is 25.8 Å². The Kier molecular flexibility index (Phi) is 2.20. The quantitative estimate of drug-likeness (QED) is 0.513. The Hall–Kier alpha value is 0.0600. The molecule has 9 heavy (non-hydrogen) atoms. The van der Waals surface area contributed by atoms with Gasteiger partial charge in [-0.1, -0.05) is 28.8 Å². The SMILES string of the molecule is CC1=CC(Cl)=C(Cl)CC1. The van der Waals surface area contributed by atoms with Crippen molar-refractivity contribution in [1.29, 1.82) is 0 Å². The van der Waals surface area contributed by atoms with Crippen LogP contribution in [0.25, 0.3) is 0 Å². The number of allylic oxidation sites excluding steroid dienone is 4. The average Bonchev–Trinajstić information content (AvgIpc) is 1.80. The molecule has 50 valence electrons. The van der Waals surface area contributed by atoms with Crippen LogP contribution >= 0.6 is 23.2 Å². The monoisotopic (exact) mass is 162 g/mol.